The van der Waals surface area contributed by atoms with Crippen molar-refractivity contribution in [2.75, 3.05) is 20.5 Å². The molecule has 1 atom stereocenters. The Bertz CT molecular complexity index is 2100. The molecule has 3 heterocycles. The van der Waals surface area contributed by atoms with Crippen LogP contribution in [-0.4, -0.2) is 37.1 Å². The summed E-state index contributed by atoms with van der Waals surface area (Å²) in [6.07, 6.45) is 1.60. The molecule has 2 aliphatic rings. The fourth-order valence-corrected chi connectivity index (χ4v) is 7.11. The van der Waals surface area contributed by atoms with E-state index in [1.54, 1.807) is 44.2 Å². The van der Waals surface area contributed by atoms with Gasteiger partial charge in [0.25, 0.3) is 5.56 Å². The van der Waals surface area contributed by atoms with Crippen LogP contribution in [0.2, 0.25) is 10.0 Å². The molecule has 13 heteroatoms. The quantitative estimate of drug-likeness (QED) is 0.179. The first-order chi connectivity index (χ1) is 23.1. The summed E-state index contributed by atoms with van der Waals surface area (Å²) in [6.45, 7) is 7.82. The molecule has 0 unspecified atom stereocenters. The second kappa shape index (κ2) is 14.0. The van der Waals surface area contributed by atoms with Gasteiger partial charge in [-0.2, -0.15) is 0 Å². The standard InChI is InChI=1S/C35H32Cl2N2O8S/c1-6-43-34(41)30-19(4)38-35-39(31(30)22-8-10-26(47-18(2)3)27(15-22)42-5)33(40)29(48-35)14-21-11-23(36)32(24(37)12-21)44-16-20-7-9-25-28(13-20)46-17-45-25/h7-15,18,31H,6,16-17H2,1-5H3/b29-14-/t31-/m0/s1. The minimum atomic E-state index is -0.830. The van der Waals surface area contributed by atoms with Crippen LogP contribution in [-0.2, 0) is 16.1 Å². The molecular formula is C35H32Cl2N2O8S. The third kappa shape index (κ3) is 6.63. The maximum Gasteiger partial charge on any atom is 0.338 e. The van der Waals surface area contributed by atoms with E-state index in [0.717, 1.165) is 5.56 Å². The lowest BCUT2D eigenvalue weighted by Crippen LogP contribution is -2.40. The summed E-state index contributed by atoms with van der Waals surface area (Å²) in [5.41, 5.74) is 2.41. The highest BCUT2D eigenvalue weighted by atomic mass is 35.5. The number of nitrogens with zero attached hydrogens (tertiary/aromatic N) is 2. The number of aromatic nitrogens is 1. The first-order valence-electron chi connectivity index (χ1n) is 15.1. The highest BCUT2D eigenvalue weighted by Gasteiger charge is 2.34. The van der Waals surface area contributed by atoms with Crippen LogP contribution in [0.5, 0.6) is 28.7 Å². The Hall–Kier alpha value is -4.45. The number of benzene rings is 3. The van der Waals surface area contributed by atoms with Crippen molar-refractivity contribution < 1.29 is 33.2 Å². The van der Waals surface area contributed by atoms with Gasteiger partial charge in [-0.25, -0.2) is 9.79 Å². The number of hydrogen-bond acceptors (Lipinski definition) is 10. The summed E-state index contributed by atoms with van der Waals surface area (Å²) in [4.78, 5) is 32.5. The Morgan fingerprint density at radius 1 is 1.08 bits per heavy atom. The van der Waals surface area contributed by atoms with Crippen LogP contribution >= 0.6 is 34.5 Å². The number of carbonyl (C=O) groups is 1. The maximum absolute atomic E-state index is 14.1. The van der Waals surface area contributed by atoms with Crippen LogP contribution in [0, 0.1) is 0 Å². The predicted molar refractivity (Wildman–Crippen MR) is 183 cm³/mol. The molecular weight excluding hydrogens is 679 g/mol. The van der Waals surface area contributed by atoms with Crippen LogP contribution in [0.3, 0.4) is 0 Å². The number of allylic oxidation sites excluding steroid dienone is 1. The van der Waals surface area contributed by atoms with E-state index >= 15 is 0 Å². The predicted octanol–water partition coefficient (Wildman–Crippen LogP) is 6.21. The zero-order chi connectivity index (χ0) is 34.1. The summed E-state index contributed by atoms with van der Waals surface area (Å²) >= 11 is 14.4. The molecule has 0 radical (unpaired) electrons. The van der Waals surface area contributed by atoms with Gasteiger partial charge in [0.1, 0.15) is 6.61 Å². The highest BCUT2D eigenvalue weighted by Crippen LogP contribution is 2.38. The molecule has 0 amide bonds. The number of carbonyl (C=O) groups excluding carboxylic acids is 1. The Kier molecular flexibility index (Phi) is 9.73. The molecule has 0 N–H and O–H groups in total. The van der Waals surface area contributed by atoms with Crippen molar-refractivity contribution >= 4 is 46.6 Å². The van der Waals surface area contributed by atoms with Gasteiger partial charge in [0.05, 0.1) is 51.7 Å². The molecule has 2 aliphatic heterocycles. The highest BCUT2D eigenvalue weighted by molar-refractivity contribution is 7.07. The van der Waals surface area contributed by atoms with Gasteiger partial charge >= 0.3 is 5.97 Å². The van der Waals surface area contributed by atoms with E-state index in [4.69, 9.17) is 51.6 Å². The Balaban J connectivity index is 1.37. The molecule has 48 heavy (non-hydrogen) atoms. The van der Waals surface area contributed by atoms with Crippen LogP contribution in [0.1, 0.15) is 50.4 Å². The molecule has 6 rings (SSSR count). The largest absolute Gasteiger partial charge is 0.493 e. The second-order valence-corrected chi connectivity index (χ2v) is 13.0. The Morgan fingerprint density at radius 2 is 1.83 bits per heavy atom. The number of esters is 1. The minimum absolute atomic E-state index is 0.0858. The number of ether oxygens (including phenoxy) is 6. The lowest BCUT2D eigenvalue weighted by Gasteiger charge is -2.25. The van der Waals surface area contributed by atoms with Gasteiger partial charge in [-0.05, 0) is 86.9 Å². The van der Waals surface area contributed by atoms with Crippen molar-refractivity contribution in [1.82, 2.24) is 4.57 Å². The van der Waals surface area contributed by atoms with Crippen LogP contribution in [0.25, 0.3) is 6.08 Å². The van der Waals surface area contributed by atoms with Crippen LogP contribution in [0.15, 0.2) is 69.6 Å². The van der Waals surface area contributed by atoms with Crippen molar-refractivity contribution in [2.24, 2.45) is 4.99 Å². The van der Waals surface area contributed by atoms with E-state index < -0.39 is 12.0 Å². The number of rotatable bonds is 10. The monoisotopic (exact) mass is 710 g/mol. The van der Waals surface area contributed by atoms with E-state index in [0.29, 0.717) is 54.9 Å². The topological polar surface area (TPSA) is 107 Å². The fraction of sp³-hybridized carbons (Fsp3) is 0.286. The van der Waals surface area contributed by atoms with E-state index in [9.17, 15) is 9.59 Å². The third-order valence-electron chi connectivity index (χ3n) is 7.52. The number of hydrogen-bond donors (Lipinski definition) is 0. The van der Waals surface area contributed by atoms with Crippen molar-refractivity contribution in [3.63, 3.8) is 0 Å². The lowest BCUT2D eigenvalue weighted by atomic mass is 9.95. The minimum Gasteiger partial charge on any atom is -0.493 e. The van der Waals surface area contributed by atoms with Crippen molar-refractivity contribution in [1.29, 1.82) is 0 Å². The number of halogens is 2. The van der Waals surface area contributed by atoms with Crippen molar-refractivity contribution in [3.8, 4) is 28.7 Å². The first kappa shape index (κ1) is 33.5. The molecule has 0 bridgehead atoms. The average Bonchev–Trinajstić information content (AvgIpc) is 3.63. The Labute approximate surface area is 290 Å². The molecule has 0 fully saturated rings. The zero-order valence-electron chi connectivity index (χ0n) is 26.8. The van der Waals surface area contributed by atoms with Gasteiger partial charge in [-0.1, -0.05) is 46.7 Å². The average molecular weight is 712 g/mol. The Morgan fingerprint density at radius 3 is 2.54 bits per heavy atom. The summed E-state index contributed by atoms with van der Waals surface area (Å²) < 4.78 is 35.6. The van der Waals surface area contributed by atoms with Crippen LogP contribution in [0.4, 0.5) is 0 Å². The number of methoxy groups -OCH3 is 1. The summed E-state index contributed by atoms with van der Waals surface area (Å²) in [5, 5.41) is 0.549. The van der Waals surface area contributed by atoms with Crippen LogP contribution < -0.4 is 38.6 Å². The third-order valence-corrected chi connectivity index (χ3v) is 9.07. The molecule has 0 saturated carbocycles. The second-order valence-electron chi connectivity index (χ2n) is 11.2. The SMILES string of the molecule is CCOC(=O)C1=C(C)N=c2s/c(=C\c3cc(Cl)c(OCc4ccc5c(c4)OCO5)c(Cl)c3)c(=O)n2[C@H]1c1ccc(OC(C)C)c(OC)c1. The van der Waals surface area contributed by atoms with Gasteiger partial charge in [0.2, 0.25) is 6.79 Å². The van der Waals surface area contributed by atoms with Crippen molar-refractivity contribution in [2.45, 2.75) is 46.4 Å². The summed E-state index contributed by atoms with van der Waals surface area (Å²) in [5.74, 6) is 2.08. The normalized spacial score (nSPS) is 15.3. The van der Waals surface area contributed by atoms with Gasteiger partial charge in [-0.15, -0.1) is 0 Å². The molecule has 10 nitrogen and oxygen atoms in total. The molecule has 3 aromatic carbocycles. The van der Waals surface area contributed by atoms with Gasteiger partial charge in [0.15, 0.2) is 33.5 Å². The van der Waals surface area contributed by atoms with Crippen molar-refractivity contribution in [3.05, 3.63) is 106 Å². The lowest BCUT2D eigenvalue weighted by molar-refractivity contribution is -0.139. The zero-order valence-corrected chi connectivity index (χ0v) is 29.1. The smallest absolute Gasteiger partial charge is 0.338 e. The molecule has 1 aromatic heterocycles. The van der Waals surface area contributed by atoms with Gasteiger partial charge < -0.3 is 28.4 Å². The molecule has 0 spiro atoms. The van der Waals surface area contributed by atoms with E-state index in [1.165, 1.54) is 23.0 Å². The molecule has 250 valence electrons. The van der Waals surface area contributed by atoms with Gasteiger partial charge in [0, 0.05) is 0 Å². The van der Waals surface area contributed by atoms with Gasteiger partial charge in [-0.3, -0.25) is 9.36 Å². The summed E-state index contributed by atoms with van der Waals surface area (Å²) in [7, 11) is 1.54. The van der Waals surface area contributed by atoms with E-state index in [2.05, 4.69) is 4.99 Å². The number of fused-ring (bicyclic) bond motifs is 2. The molecule has 0 saturated heterocycles. The number of thiazole rings is 1. The maximum atomic E-state index is 14.1. The first-order valence-corrected chi connectivity index (χ1v) is 16.7. The molecule has 0 aliphatic carbocycles. The van der Waals surface area contributed by atoms with E-state index in [-0.39, 0.29) is 47.3 Å². The summed E-state index contributed by atoms with van der Waals surface area (Å²) in [6, 6.07) is 13.4. The fourth-order valence-electron chi connectivity index (χ4n) is 5.45. The van der Waals surface area contributed by atoms with E-state index in [1.807, 2.05) is 38.1 Å². The molecule has 4 aromatic rings.